The highest BCUT2D eigenvalue weighted by molar-refractivity contribution is 5.99. The molecule has 1 unspecified atom stereocenters. The molecule has 0 aliphatic carbocycles. The molecule has 4 heterocycles. The number of carbonyl (C=O) groups is 5. The standard InChI is InChI=1S/C32H37N7O8/c1-2-46-32(45)38-16-14-37(15-17-38)31(44)24(9-10-29(41)42)36-30(43)25-18-27(21-6-3-4-7-22(21)35-25)47-19-28(40)39-13-5-8-26(39)23-11-12-33-20-34-23/h3-4,6-7,11-12,18,20,24,26H,2,5,8-10,13-17,19H2,1H3,(H,36,43)(H,41,42)/t24?,26-/m0/s1. The molecule has 2 saturated heterocycles. The summed E-state index contributed by atoms with van der Waals surface area (Å²) in [5.74, 6) is -2.26. The van der Waals surface area contributed by atoms with Gasteiger partial charge in [-0.3, -0.25) is 19.2 Å². The number of ether oxygens (including phenoxy) is 2. The van der Waals surface area contributed by atoms with Crippen LogP contribution in [-0.2, 0) is 19.1 Å². The Kier molecular flexibility index (Phi) is 10.8. The summed E-state index contributed by atoms with van der Waals surface area (Å²) in [4.78, 5) is 81.2. The molecule has 0 saturated carbocycles. The van der Waals surface area contributed by atoms with E-state index in [9.17, 15) is 29.1 Å². The van der Waals surface area contributed by atoms with Crippen molar-refractivity contribution in [2.45, 2.75) is 44.7 Å². The highest BCUT2D eigenvalue weighted by Gasteiger charge is 2.33. The molecule has 1 aromatic carbocycles. The molecule has 2 aliphatic rings. The van der Waals surface area contributed by atoms with E-state index in [1.165, 1.54) is 22.2 Å². The Bertz CT molecular complexity index is 1610. The number of piperazine rings is 1. The number of para-hydroxylation sites is 1. The number of pyridine rings is 1. The van der Waals surface area contributed by atoms with E-state index in [0.717, 1.165) is 18.5 Å². The van der Waals surface area contributed by atoms with Gasteiger partial charge < -0.3 is 34.6 Å². The van der Waals surface area contributed by atoms with Crippen LogP contribution in [0.15, 0.2) is 48.9 Å². The topological polar surface area (TPSA) is 184 Å². The minimum absolute atomic E-state index is 0.0635. The van der Waals surface area contributed by atoms with E-state index in [-0.39, 0.29) is 75.6 Å². The maximum atomic E-state index is 13.5. The molecule has 2 aliphatic heterocycles. The molecule has 4 amide bonds. The van der Waals surface area contributed by atoms with Gasteiger partial charge in [0.25, 0.3) is 11.8 Å². The lowest BCUT2D eigenvalue weighted by Gasteiger charge is -2.35. The Morgan fingerprint density at radius 3 is 2.53 bits per heavy atom. The zero-order chi connectivity index (χ0) is 33.3. The Balaban J connectivity index is 1.30. The molecule has 2 aromatic heterocycles. The third-order valence-electron chi connectivity index (χ3n) is 8.15. The number of carboxylic acid groups (broad SMARTS) is 1. The van der Waals surface area contributed by atoms with E-state index in [1.807, 2.05) is 0 Å². The molecular formula is C32H37N7O8. The molecule has 5 rings (SSSR count). The number of hydrogen-bond donors (Lipinski definition) is 2. The molecular weight excluding hydrogens is 610 g/mol. The first kappa shape index (κ1) is 33.0. The van der Waals surface area contributed by atoms with Crippen molar-refractivity contribution in [3.8, 4) is 5.75 Å². The third kappa shape index (κ3) is 8.09. The van der Waals surface area contributed by atoms with Gasteiger partial charge in [0.15, 0.2) is 6.61 Å². The van der Waals surface area contributed by atoms with E-state index in [0.29, 0.717) is 17.4 Å². The first-order valence-electron chi connectivity index (χ1n) is 15.6. The van der Waals surface area contributed by atoms with E-state index in [4.69, 9.17) is 9.47 Å². The van der Waals surface area contributed by atoms with Gasteiger partial charge in [0.1, 0.15) is 23.8 Å². The molecule has 0 spiro atoms. The quantitative estimate of drug-likeness (QED) is 0.310. The van der Waals surface area contributed by atoms with Gasteiger partial charge in [-0.25, -0.2) is 19.7 Å². The molecule has 15 nitrogen and oxygen atoms in total. The fraction of sp³-hybridized carbons (Fsp3) is 0.438. The smallest absolute Gasteiger partial charge is 0.409 e. The summed E-state index contributed by atoms with van der Waals surface area (Å²) < 4.78 is 11.0. The third-order valence-corrected chi connectivity index (χ3v) is 8.15. The average molecular weight is 648 g/mol. The molecule has 2 atom stereocenters. The van der Waals surface area contributed by atoms with Gasteiger partial charge >= 0.3 is 12.1 Å². The highest BCUT2D eigenvalue weighted by Crippen LogP contribution is 2.31. The Morgan fingerprint density at radius 2 is 1.81 bits per heavy atom. The van der Waals surface area contributed by atoms with Crippen molar-refractivity contribution in [2.24, 2.45) is 0 Å². The second-order valence-electron chi connectivity index (χ2n) is 11.2. The number of carbonyl (C=O) groups excluding carboxylic acids is 4. The zero-order valence-electron chi connectivity index (χ0n) is 26.0. The van der Waals surface area contributed by atoms with Gasteiger partial charge in [-0.1, -0.05) is 12.1 Å². The number of carboxylic acids is 1. The van der Waals surface area contributed by atoms with Crippen LogP contribution in [0.2, 0.25) is 0 Å². The summed E-state index contributed by atoms with van der Waals surface area (Å²) in [5, 5.41) is 12.6. The van der Waals surface area contributed by atoms with Crippen molar-refractivity contribution >= 4 is 40.7 Å². The van der Waals surface area contributed by atoms with Crippen molar-refractivity contribution in [1.29, 1.82) is 0 Å². The molecule has 0 bridgehead atoms. The Morgan fingerprint density at radius 1 is 1.04 bits per heavy atom. The fourth-order valence-corrected chi connectivity index (χ4v) is 5.77. The zero-order valence-corrected chi connectivity index (χ0v) is 26.0. The van der Waals surface area contributed by atoms with E-state index >= 15 is 0 Å². The summed E-state index contributed by atoms with van der Waals surface area (Å²) in [5.41, 5.74) is 1.13. The lowest BCUT2D eigenvalue weighted by molar-refractivity contribution is -0.138. The van der Waals surface area contributed by atoms with E-state index in [2.05, 4.69) is 20.3 Å². The normalized spacial score (nSPS) is 16.9. The summed E-state index contributed by atoms with van der Waals surface area (Å²) in [6.07, 6.45) is 3.72. The van der Waals surface area contributed by atoms with Crippen LogP contribution in [0.3, 0.4) is 0 Å². The number of nitrogens with one attached hydrogen (secondary N) is 1. The summed E-state index contributed by atoms with van der Waals surface area (Å²) in [6.45, 7) is 3.10. The molecule has 2 N–H and O–H groups in total. The predicted octanol–water partition coefficient (Wildman–Crippen LogP) is 2.03. The minimum Gasteiger partial charge on any atom is -0.483 e. The van der Waals surface area contributed by atoms with Crippen molar-refractivity contribution in [1.82, 2.24) is 35.0 Å². The molecule has 248 valence electrons. The second kappa shape index (κ2) is 15.3. The van der Waals surface area contributed by atoms with Crippen LogP contribution in [0.5, 0.6) is 5.75 Å². The number of nitrogens with zero attached hydrogens (tertiary/aromatic N) is 6. The first-order chi connectivity index (χ1) is 22.7. The van der Waals surface area contributed by atoms with Gasteiger partial charge in [0.2, 0.25) is 5.91 Å². The SMILES string of the molecule is CCOC(=O)N1CCN(C(=O)C(CCC(=O)O)NC(=O)c2cc(OCC(=O)N3CCC[C@H]3c3ccncn3)c3ccccc3n2)CC1. The van der Waals surface area contributed by atoms with Crippen molar-refractivity contribution in [3.05, 3.63) is 60.3 Å². The van der Waals surface area contributed by atoms with Crippen LogP contribution in [0, 0.1) is 0 Å². The fourth-order valence-electron chi connectivity index (χ4n) is 5.77. The molecule has 47 heavy (non-hydrogen) atoms. The van der Waals surface area contributed by atoms with Gasteiger partial charge in [0, 0.05) is 56.8 Å². The van der Waals surface area contributed by atoms with Crippen molar-refractivity contribution < 1.29 is 38.6 Å². The predicted molar refractivity (Wildman–Crippen MR) is 166 cm³/mol. The highest BCUT2D eigenvalue weighted by atomic mass is 16.6. The number of amides is 4. The largest absolute Gasteiger partial charge is 0.483 e. The van der Waals surface area contributed by atoms with Crippen LogP contribution >= 0.6 is 0 Å². The minimum atomic E-state index is -1.15. The van der Waals surface area contributed by atoms with Gasteiger partial charge in [-0.15, -0.1) is 0 Å². The van der Waals surface area contributed by atoms with Gasteiger partial charge in [-0.05, 0) is 44.4 Å². The second-order valence-corrected chi connectivity index (χ2v) is 11.2. The average Bonchev–Trinajstić information content (AvgIpc) is 3.59. The number of aliphatic carboxylic acids is 1. The molecule has 0 radical (unpaired) electrons. The molecule has 15 heteroatoms. The number of benzene rings is 1. The molecule has 3 aromatic rings. The number of aromatic nitrogens is 3. The van der Waals surface area contributed by atoms with E-state index in [1.54, 1.807) is 48.4 Å². The van der Waals surface area contributed by atoms with Crippen LogP contribution < -0.4 is 10.1 Å². The summed E-state index contributed by atoms with van der Waals surface area (Å²) >= 11 is 0. The van der Waals surface area contributed by atoms with Crippen LogP contribution in [0.4, 0.5) is 4.79 Å². The molecule has 2 fully saturated rings. The van der Waals surface area contributed by atoms with Crippen LogP contribution in [-0.4, -0.2) is 117 Å². The van der Waals surface area contributed by atoms with Crippen molar-refractivity contribution in [3.63, 3.8) is 0 Å². The number of rotatable bonds is 11. The number of hydrogen-bond acceptors (Lipinski definition) is 10. The van der Waals surface area contributed by atoms with Crippen molar-refractivity contribution in [2.75, 3.05) is 45.9 Å². The Labute approximate surface area is 270 Å². The lowest BCUT2D eigenvalue weighted by Crippen LogP contribution is -2.56. The van der Waals surface area contributed by atoms with Crippen LogP contribution in [0.1, 0.15) is 54.8 Å². The first-order valence-corrected chi connectivity index (χ1v) is 15.6. The maximum Gasteiger partial charge on any atom is 0.409 e. The monoisotopic (exact) mass is 647 g/mol. The summed E-state index contributed by atoms with van der Waals surface area (Å²) in [6, 6.07) is 8.86. The summed E-state index contributed by atoms with van der Waals surface area (Å²) in [7, 11) is 0. The lowest BCUT2D eigenvalue weighted by atomic mass is 10.1. The Hall–Kier alpha value is -5.34. The van der Waals surface area contributed by atoms with E-state index < -0.39 is 29.9 Å². The maximum absolute atomic E-state index is 13.5. The van der Waals surface area contributed by atoms with Gasteiger partial charge in [-0.2, -0.15) is 0 Å². The number of fused-ring (bicyclic) bond motifs is 1. The number of likely N-dealkylation sites (tertiary alicyclic amines) is 1. The van der Waals surface area contributed by atoms with Gasteiger partial charge in [0.05, 0.1) is 23.9 Å². The van der Waals surface area contributed by atoms with Crippen LogP contribution in [0.25, 0.3) is 10.9 Å².